The Morgan fingerprint density at radius 2 is 0.939 bits per heavy atom. The minimum absolute atomic E-state index is 0.326. The van der Waals surface area contributed by atoms with Crippen molar-refractivity contribution in [1.82, 2.24) is 0 Å². The maximum Gasteiger partial charge on any atom is 0.123 e. The summed E-state index contributed by atoms with van der Waals surface area (Å²) < 4.78 is 0. The number of aromatic hydroxyl groups is 2. The van der Waals surface area contributed by atoms with Crippen LogP contribution in [0, 0.1) is 0 Å². The summed E-state index contributed by atoms with van der Waals surface area (Å²) in [4.78, 5) is 0. The van der Waals surface area contributed by atoms with Crippen molar-refractivity contribution >= 4 is 0 Å². The fourth-order valence-electron chi connectivity index (χ4n) is 4.63. The molecule has 4 rings (SSSR count). The molecule has 0 aliphatic heterocycles. The third-order valence-electron chi connectivity index (χ3n) is 6.17. The van der Waals surface area contributed by atoms with Gasteiger partial charge in [-0.2, -0.15) is 0 Å². The van der Waals surface area contributed by atoms with E-state index in [1.807, 2.05) is 36.4 Å². The van der Waals surface area contributed by atoms with Gasteiger partial charge in [0.25, 0.3) is 0 Å². The van der Waals surface area contributed by atoms with Gasteiger partial charge in [0.15, 0.2) is 0 Å². The van der Waals surface area contributed by atoms with Crippen LogP contribution in [0.2, 0.25) is 0 Å². The van der Waals surface area contributed by atoms with Crippen molar-refractivity contribution in [2.45, 2.75) is 46.0 Å². The van der Waals surface area contributed by atoms with Gasteiger partial charge in [0.05, 0.1) is 0 Å². The molecule has 2 nitrogen and oxygen atoms in total. The minimum atomic E-state index is 0.326. The fraction of sp³-hybridized carbons (Fsp3) is 0.226. The summed E-state index contributed by atoms with van der Waals surface area (Å²) >= 11 is 0. The van der Waals surface area contributed by atoms with Gasteiger partial charge >= 0.3 is 0 Å². The molecule has 0 aromatic heterocycles. The van der Waals surface area contributed by atoms with Crippen LogP contribution >= 0.6 is 0 Å². The Kier molecular flexibility index (Phi) is 7.14. The van der Waals surface area contributed by atoms with Crippen LogP contribution in [-0.4, -0.2) is 10.2 Å². The first kappa shape index (κ1) is 22.7. The van der Waals surface area contributed by atoms with Gasteiger partial charge in [0.2, 0.25) is 0 Å². The van der Waals surface area contributed by atoms with Crippen molar-refractivity contribution in [1.29, 1.82) is 0 Å². The Labute approximate surface area is 197 Å². The summed E-state index contributed by atoms with van der Waals surface area (Å²) in [6.07, 6.45) is 4.92. The molecule has 0 fully saturated rings. The normalized spacial score (nSPS) is 11.0. The van der Waals surface area contributed by atoms with E-state index in [0.717, 1.165) is 54.4 Å². The maximum absolute atomic E-state index is 10.4. The van der Waals surface area contributed by atoms with Crippen LogP contribution in [0.4, 0.5) is 0 Å². The van der Waals surface area contributed by atoms with E-state index in [9.17, 15) is 10.2 Å². The van der Waals surface area contributed by atoms with Crippen LogP contribution in [0.1, 0.15) is 48.9 Å². The molecule has 168 valence electrons. The zero-order valence-corrected chi connectivity index (χ0v) is 19.5. The highest BCUT2D eigenvalue weighted by Gasteiger charge is 2.12. The van der Waals surface area contributed by atoms with Crippen LogP contribution in [-0.2, 0) is 19.3 Å². The first-order chi connectivity index (χ1) is 16.1. The molecule has 4 aromatic carbocycles. The van der Waals surface area contributed by atoms with E-state index in [1.54, 1.807) is 12.1 Å². The fourth-order valence-corrected chi connectivity index (χ4v) is 4.63. The molecule has 0 amide bonds. The number of phenols is 2. The van der Waals surface area contributed by atoms with Crippen molar-refractivity contribution in [3.8, 4) is 33.8 Å². The molecule has 0 heterocycles. The van der Waals surface area contributed by atoms with Gasteiger partial charge in [0.1, 0.15) is 11.5 Å². The van der Waals surface area contributed by atoms with E-state index < -0.39 is 0 Å². The Morgan fingerprint density at radius 3 is 1.33 bits per heavy atom. The molecule has 0 aliphatic carbocycles. The summed E-state index contributed by atoms with van der Waals surface area (Å²) in [6, 6.07) is 28.4. The van der Waals surface area contributed by atoms with Crippen LogP contribution in [0.5, 0.6) is 11.5 Å². The van der Waals surface area contributed by atoms with E-state index in [4.69, 9.17) is 0 Å². The smallest absolute Gasteiger partial charge is 0.123 e. The number of hydrogen-bond donors (Lipinski definition) is 2. The molecule has 0 saturated heterocycles. The molecule has 2 N–H and O–H groups in total. The van der Waals surface area contributed by atoms with Crippen LogP contribution < -0.4 is 0 Å². The number of benzene rings is 4. The predicted molar refractivity (Wildman–Crippen MR) is 138 cm³/mol. The topological polar surface area (TPSA) is 40.5 Å². The Hall–Kier alpha value is -3.52. The van der Waals surface area contributed by atoms with Gasteiger partial charge in [-0.15, -0.1) is 0 Å². The van der Waals surface area contributed by atoms with Crippen LogP contribution in [0.25, 0.3) is 22.3 Å². The maximum atomic E-state index is 10.4. The monoisotopic (exact) mass is 436 g/mol. The van der Waals surface area contributed by atoms with Crippen molar-refractivity contribution in [2.75, 3.05) is 0 Å². The molecule has 0 unspecified atom stereocenters. The lowest BCUT2D eigenvalue weighted by Crippen LogP contribution is -1.97. The van der Waals surface area contributed by atoms with Crippen molar-refractivity contribution in [3.63, 3.8) is 0 Å². The summed E-state index contributed by atoms with van der Waals surface area (Å²) in [5.41, 5.74) is 9.10. The molecular weight excluding hydrogens is 404 g/mol. The van der Waals surface area contributed by atoms with Gasteiger partial charge in [-0.05, 0) is 64.8 Å². The van der Waals surface area contributed by atoms with Gasteiger partial charge in [-0.25, -0.2) is 0 Å². The first-order valence-corrected chi connectivity index (χ1v) is 11.9. The quantitative estimate of drug-likeness (QED) is 0.294. The lowest BCUT2D eigenvalue weighted by molar-refractivity contribution is 0.476. The van der Waals surface area contributed by atoms with Crippen molar-refractivity contribution in [2.24, 2.45) is 0 Å². The highest BCUT2D eigenvalue weighted by Crippen LogP contribution is 2.35. The average molecular weight is 437 g/mol. The first-order valence-electron chi connectivity index (χ1n) is 11.9. The summed E-state index contributed by atoms with van der Waals surface area (Å²) in [5.74, 6) is 0.651. The number of aryl methyl sites for hydroxylation is 2. The van der Waals surface area contributed by atoms with Gasteiger partial charge in [-0.1, -0.05) is 99.5 Å². The lowest BCUT2D eigenvalue weighted by atomic mass is 9.90. The van der Waals surface area contributed by atoms with E-state index in [-0.39, 0.29) is 0 Å². The second kappa shape index (κ2) is 10.4. The second-order valence-electron chi connectivity index (χ2n) is 8.69. The highest BCUT2D eigenvalue weighted by atomic mass is 16.3. The van der Waals surface area contributed by atoms with Crippen molar-refractivity contribution in [3.05, 3.63) is 107 Å². The van der Waals surface area contributed by atoms with Crippen molar-refractivity contribution < 1.29 is 10.2 Å². The lowest BCUT2D eigenvalue weighted by Gasteiger charge is -2.15. The van der Waals surface area contributed by atoms with Gasteiger partial charge < -0.3 is 10.2 Å². The molecule has 0 atom stereocenters. The molecule has 0 bridgehead atoms. The number of rotatable bonds is 8. The third-order valence-corrected chi connectivity index (χ3v) is 6.17. The molecule has 4 aromatic rings. The summed E-state index contributed by atoms with van der Waals surface area (Å²) in [5, 5.41) is 20.7. The Morgan fingerprint density at radius 1 is 0.515 bits per heavy atom. The zero-order chi connectivity index (χ0) is 23.2. The standard InChI is InChI=1S/C31H32O2/c1-3-9-24-20-22(15-17-26(24)28-11-5-7-13-30(28)32)19-23-16-18-27(25(21-23)10-4-2)29-12-6-8-14-31(29)33/h5-8,11-18,20-21,32-33H,3-4,9-10,19H2,1-2H3. The minimum Gasteiger partial charge on any atom is -0.507 e. The van der Waals surface area contributed by atoms with Gasteiger partial charge in [-0.3, -0.25) is 0 Å². The number of para-hydroxylation sites is 2. The largest absolute Gasteiger partial charge is 0.507 e. The zero-order valence-electron chi connectivity index (χ0n) is 19.5. The second-order valence-corrected chi connectivity index (χ2v) is 8.69. The summed E-state index contributed by atoms with van der Waals surface area (Å²) in [7, 11) is 0. The van der Waals surface area contributed by atoms with E-state index in [2.05, 4.69) is 50.2 Å². The molecule has 0 radical (unpaired) electrons. The van der Waals surface area contributed by atoms with Gasteiger partial charge in [0, 0.05) is 11.1 Å². The third kappa shape index (κ3) is 5.12. The molecule has 0 aliphatic rings. The average Bonchev–Trinajstić information content (AvgIpc) is 2.81. The van der Waals surface area contributed by atoms with E-state index in [1.165, 1.54) is 22.3 Å². The SMILES string of the molecule is CCCc1cc(Cc2ccc(-c3ccccc3O)c(CCC)c2)ccc1-c1ccccc1O. The van der Waals surface area contributed by atoms with E-state index >= 15 is 0 Å². The van der Waals surface area contributed by atoms with E-state index in [0.29, 0.717) is 11.5 Å². The highest BCUT2D eigenvalue weighted by molar-refractivity contribution is 5.74. The molecular formula is C31H32O2. The molecule has 0 saturated carbocycles. The predicted octanol–water partition coefficient (Wildman–Crippen LogP) is 7.93. The van der Waals surface area contributed by atoms with Crippen LogP contribution in [0.15, 0.2) is 84.9 Å². The van der Waals surface area contributed by atoms with Crippen LogP contribution in [0.3, 0.4) is 0 Å². The molecule has 33 heavy (non-hydrogen) atoms. The molecule has 2 heteroatoms. The molecule has 0 spiro atoms. The number of hydrogen-bond acceptors (Lipinski definition) is 2. The Bertz CT molecular complexity index is 1140. The summed E-state index contributed by atoms with van der Waals surface area (Å²) in [6.45, 7) is 4.38. The number of phenolic OH excluding ortho intramolecular Hbond substituents is 2. The Balaban J connectivity index is 1.67.